The number of nitrogens with zero attached hydrogens (tertiary/aromatic N) is 2. The molecule has 1 aromatic rings. The lowest BCUT2D eigenvalue weighted by atomic mass is 10.2. The molecule has 1 aromatic heterocycles. The first kappa shape index (κ1) is 14.3. The first-order valence-corrected chi connectivity index (χ1v) is 7.86. The Hall–Kier alpha value is -1.12. The van der Waals surface area contributed by atoms with E-state index in [-0.39, 0.29) is 17.6 Å². The van der Waals surface area contributed by atoms with Crippen molar-refractivity contribution in [3.63, 3.8) is 0 Å². The van der Waals surface area contributed by atoms with Gasteiger partial charge in [0, 0.05) is 23.4 Å². The van der Waals surface area contributed by atoms with E-state index < -0.39 is 12.0 Å². The average Bonchev–Trinajstić information content (AvgIpc) is 2.87. The molecule has 1 amide bonds. The number of nitrogens with two attached hydrogens (primary N) is 1. The molecule has 8 heteroatoms. The van der Waals surface area contributed by atoms with Crippen molar-refractivity contribution in [2.24, 2.45) is 5.73 Å². The molecule has 0 radical (unpaired) electrons. The summed E-state index contributed by atoms with van der Waals surface area (Å²) in [4.78, 5) is 29.0. The first-order valence-electron chi connectivity index (χ1n) is 5.83. The molecule has 2 atom stereocenters. The van der Waals surface area contributed by atoms with Gasteiger partial charge >= 0.3 is 5.97 Å². The topological polar surface area (TPSA) is 96.5 Å². The maximum absolute atomic E-state index is 12.3. The number of carboxylic acid groups (broad SMARTS) is 1. The Morgan fingerprint density at radius 1 is 1.63 bits per heavy atom. The van der Waals surface area contributed by atoms with Crippen LogP contribution >= 0.6 is 23.1 Å². The summed E-state index contributed by atoms with van der Waals surface area (Å²) in [5, 5.41) is 11.5. The van der Waals surface area contributed by atoms with E-state index in [0.717, 1.165) is 5.75 Å². The Bertz CT molecular complexity index is 489. The minimum Gasteiger partial charge on any atom is -0.480 e. The summed E-state index contributed by atoms with van der Waals surface area (Å²) in [6, 6.07) is -0.995. The lowest BCUT2D eigenvalue weighted by Crippen LogP contribution is -2.50. The molecule has 3 N–H and O–H groups in total. The standard InChI is InChI=1S/C11H15N3O3S2/c1-6(12)9-13-7(4-19-9)10(15)14-2-3-18-5-8(14)11(16)17/h4,6,8H,2-3,5,12H2,1H3,(H,16,17). The summed E-state index contributed by atoms with van der Waals surface area (Å²) in [7, 11) is 0. The fraction of sp³-hybridized carbons (Fsp3) is 0.545. The monoisotopic (exact) mass is 301 g/mol. The summed E-state index contributed by atoms with van der Waals surface area (Å²) >= 11 is 2.87. The molecule has 1 aliphatic rings. The second-order valence-corrected chi connectivity index (χ2v) is 6.33. The van der Waals surface area contributed by atoms with Gasteiger partial charge in [-0.15, -0.1) is 11.3 Å². The number of carbonyl (C=O) groups is 2. The fourth-order valence-electron chi connectivity index (χ4n) is 1.79. The van der Waals surface area contributed by atoms with Crippen LogP contribution < -0.4 is 5.73 Å². The number of thiazole rings is 1. The molecule has 104 valence electrons. The molecule has 2 heterocycles. The second-order valence-electron chi connectivity index (χ2n) is 4.29. The van der Waals surface area contributed by atoms with Gasteiger partial charge in [0.2, 0.25) is 0 Å². The summed E-state index contributed by atoms with van der Waals surface area (Å²) in [6.07, 6.45) is 0. The predicted octanol–water partition coefficient (Wildman–Crippen LogP) is 0.805. The molecule has 0 bridgehead atoms. The largest absolute Gasteiger partial charge is 0.480 e. The zero-order valence-corrected chi connectivity index (χ0v) is 12.0. The Balaban J connectivity index is 2.18. The van der Waals surface area contributed by atoms with Gasteiger partial charge in [-0.1, -0.05) is 0 Å². The molecule has 2 rings (SSSR count). The van der Waals surface area contributed by atoms with Gasteiger partial charge in [-0.2, -0.15) is 11.8 Å². The van der Waals surface area contributed by atoms with Gasteiger partial charge in [0.1, 0.15) is 16.7 Å². The molecule has 0 aromatic carbocycles. The Morgan fingerprint density at radius 2 is 2.37 bits per heavy atom. The van der Waals surface area contributed by atoms with E-state index in [4.69, 9.17) is 10.8 Å². The number of amides is 1. The Labute approximate surface area is 119 Å². The molecule has 0 aliphatic carbocycles. The van der Waals surface area contributed by atoms with Crippen molar-refractivity contribution in [3.05, 3.63) is 16.1 Å². The minimum atomic E-state index is -0.969. The summed E-state index contributed by atoms with van der Waals surface area (Å²) in [5.74, 6) is -0.121. The third kappa shape index (κ3) is 3.07. The van der Waals surface area contributed by atoms with Crippen LogP contribution in [0.5, 0.6) is 0 Å². The van der Waals surface area contributed by atoms with Crippen molar-refractivity contribution in [1.29, 1.82) is 0 Å². The van der Waals surface area contributed by atoms with Crippen LogP contribution in [0.4, 0.5) is 0 Å². The van der Waals surface area contributed by atoms with E-state index in [1.54, 1.807) is 24.1 Å². The number of carboxylic acids is 1. The van der Waals surface area contributed by atoms with Crippen molar-refractivity contribution in [3.8, 4) is 0 Å². The summed E-state index contributed by atoms with van der Waals surface area (Å²) < 4.78 is 0. The molecule has 0 spiro atoms. The number of aromatic nitrogens is 1. The highest BCUT2D eigenvalue weighted by Crippen LogP contribution is 2.21. The number of carbonyl (C=O) groups excluding carboxylic acids is 1. The van der Waals surface area contributed by atoms with E-state index in [0.29, 0.717) is 17.3 Å². The minimum absolute atomic E-state index is 0.223. The third-order valence-corrected chi connectivity index (χ3v) is 4.87. The van der Waals surface area contributed by atoms with Crippen molar-refractivity contribution in [2.45, 2.75) is 19.0 Å². The Kier molecular flexibility index (Phi) is 4.43. The zero-order chi connectivity index (χ0) is 14.0. The summed E-state index contributed by atoms with van der Waals surface area (Å²) in [6.45, 7) is 2.23. The van der Waals surface area contributed by atoms with Crippen LogP contribution in [0.1, 0.15) is 28.5 Å². The van der Waals surface area contributed by atoms with Crippen LogP contribution in [0.3, 0.4) is 0 Å². The van der Waals surface area contributed by atoms with Crippen LogP contribution in [0.2, 0.25) is 0 Å². The van der Waals surface area contributed by atoms with E-state index in [1.807, 2.05) is 0 Å². The van der Waals surface area contributed by atoms with Gasteiger partial charge in [-0.25, -0.2) is 9.78 Å². The molecule has 19 heavy (non-hydrogen) atoms. The molecule has 1 saturated heterocycles. The number of aliphatic carboxylic acids is 1. The van der Waals surface area contributed by atoms with Gasteiger partial charge in [-0.3, -0.25) is 4.79 Å². The van der Waals surface area contributed by atoms with Gasteiger partial charge in [0.25, 0.3) is 5.91 Å². The van der Waals surface area contributed by atoms with Crippen LogP contribution in [0.25, 0.3) is 0 Å². The molecule has 6 nitrogen and oxygen atoms in total. The third-order valence-electron chi connectivity index (χ3n) is 2.80. The maximum Gasteiger partial charge on any atom is 0.327 e. The van der Waals surface area contributed by atoms with Gasteiger partial charge in [0.15, 0.2) is 0 Å². The quantitative estimate of drug-likeness (QED) is 0.857. The molecule has 1 fully saturated rings. The van der Waals surface area contributed by atoms with Crippen LogP contribution in [-0.2, 0) is 4.79 Å². The molecule has 0 saturated carbocycles. The number of rotatable bonds is 3. The molecule has 1 aliphatic heterocycles. The highest BCUT2D eigenvalue weighted by Gasteiger charge is 2.33. The van der Waals surface area contributed by atoms with Gasteiger partial charge in [-0.05, 0) is 6.92 Å². The van der Waals surface area contributed by atoms with Crippen molar-refractivity contribution >= 4 is 35.0 Å². The fourth-order valence-corrected chi connectivity index (χ4v) is 3.58. The van der Waals surface area contributed by atoms with Crippen molar-refractivity contribution in [1.82, 2.24) is 9.88 Å². The van der Waals surface area contributed by atoms with Crippen molar-refractivity contribution in [2.75, 3.05) is 18.1 Å². The SMILES string of the molecule is CC(N)c1nc(C(=O)N2CCSCC2C(=O)O)cs1. The maximum atomic E-state index is 12.3. The van der Waals surface area contributed by atoms with E-state index >= 15 is 0 Å². The number of hydrogen-bond donors (Lipinski definition) is 2. The molecule has 2 unspecified atom stereocenters. The van der Waals surface area contributed by atoms with Crippen molar-refractivity contribution < 1.29 is 14.7 Å². The first-order chi connectivity index (χ1) is 9.00. The van der Waals surface area contributed by atoms with Gasteiger partial charge < -0.3 is 15.7 Å². The van der Waals surface area contributed by atoms with Crippen LogP contribution in [-0.4, -0.2) is 51.0 Å². The van der Waals surface area contributed by atoms with Crippen LogP contribution in [0.15, 0.2) is 5.38 Å². The van der Waals surface area contributed by atoms with Gasteiger partial charge in [0.05, 0.1) is 6.04 Å². The van der Waals surface area contributed by atoms with E-state index in [2.05, 4.69) is 4.98 Å². The average molecular weight is 301 g/mol. The lowest BCUT2D eigenvalue weighted by Gasteiger charge is -2.32. The normalized spacial score (nSPS) is 21.2. The van der Waals surface area contributed by atoms with E-state index in [9.17, 15) is 9.59 Å². The Morgan fingerprint density at radius 3 is 2.95 bits per heavy atom. The van der Waals surface area contributed by atoms with E-state index in [1.165, 1.54) is 16.2 Å². The number of thioether (sulfide) groups is 1. The summed E-state index contributed by atoms with van der Waals surface area (Å²) in [5.41, 5.74) is 5.99. The zero-order valence-electron chi connectivity index (χ0n) is 10.4. The highest BCUT2D eigenvalue weighted by atomic mass is 32.2. The smallest absolute Gasteiger partial charge is 0.327 e. The predicted molar refractivity (Wildman–Crippen MR) is 74.5 cm³/mol. The lowest BCUT2D eigenvalue weighted by molar-refractivity contribution is -0.141. The number of hydrogen-bond acceptors (Lipinski definition) is 6. The molecular formula is C11H15N3O3S2. The second kappa shape index (κ2) is 5.89. The van der Waals surface area contributed by atoms with Crippen LogP contribution in [0, 0.1) is 0 Å². The molecular weight excluding hydrogens is 286 g/mol. The highest BCUT2D eigenvalue weighted by molar-refractivity contribution is 7.99.